The normalized spacial score (nSPS) is 19.6. The van der Waals surface area contributed by atoms with Gasteiger partial charge in [0.25, 0.3) is 0 Å². The molecule has 1 aromatic carbocycles. The van der Waals surface area contributed by atoms with Gasteiger partial charge in [-0.15, -0.1) is 0 Å². The van der Waals surface area contributed by atoms with Gasteiger partial charge in [-0.25, -0.2) is 0 Å². The highest BCUT2D eigenvalue weighted by Crippen LogP contribution is 2.41. The number of benzene rings is 1. The van der Waals surface area contributed by atoms with Gasteiger partial charge >= 0.3 is 0 Å². The molecule has 21 heavy (non-hydrogen) atoms. The van der Waals surface area contributed by atoms with Crippen LogP contribution in [0.15, 0.2) is 18.2 Å². The fourth-order valence-electron chi connectivity index (χ4n) is 4.12. The maximum atomic E-state index is 13.4. The first-order chi connectivity index (χ1) is 10.2. The number of rotatable bonds is 5. The van der Waals surface area contributed by atoms with E-state index in [1.165, 1.54) is 5.56 Å². The predicted octanol–water partition coefficient (Wildman–Crippen LogP) is 3.46. The van der Waals surface area contributed by atoms with Crippen LogP contribution in [0.3, 0.4) is 0 Å². The maximum absolute atomic E-state index is 13.4. The number of carbonyl (C=O) groups excluding carboxylic acids is 1. The average molecular weight is 287 g/mol. The largest absolute Gasteiger partial charge is 0.492 e. The highest BCUT2D eigenvalue weighted by Gasteiger charge is 2.46. The van der Waals surface area contributed by atoms with Gasteiger partial charge in [0.15, 0.2) is 5.78 Å². The van der Waals surface area contributed by atoms with E-state index in [-0.39, 0.29) is 11.3 Å². The lowest BCUT2D eigenvalue weighted by Gasteiger charge is -2.39. The third kappa shape index (κ3) is 2.28. The van der Waals surface area contributed by atoms with E-state index in [9.17, 15) is 4.79 Å². The Labute approximate surface area is 127 Å². The first-order valence-electron chi connectivity index (χ1n) is 8.27. The lowest BCUT2D eigenvalue weighted by molar-refractivity contribution is 0.0581. The fraction of sp³-hybridized carbons (Fsp3) is 0.611. The van der Waals surface area contributed by atoms with Crippen molar-refractivity contribution in [3.63, 3.8) is 0 Å². The Hall–Kier alpha value is -1.35. The minimum Gasteiger partial charge on any atom is -0.492 e. The minimum absolute atomic E-state index is 0.280. The van der Waals surface area contributed by atoms with Crippen molar-refractivity contribution < 1.29 is 9.53 Å². The summed E-state index contributed by atoms with van der Waals surface area (Å²) >= 11 is 0. The van der Waals surface area contributed by atoms with Crippen LogP contribution in [0.25, 0.3) is 0 Å². The number of fused-ring (bicyclic) bond motifs is 1. The Morgan fingerprint density at radius 3 is 2.62 bits per heavy atom. The molecular formula is C18H25NO2. The number of carbonyl (C=O) groups is 1. The average Bonchev–Trinajstić information content (AvgIpc) is 3.17. The highest BCUT2D eigenvalue weighted by molar-refractivity contribution is 6.06. The zero-order chi connectivity index (χ0) is 14.9. The lowest BCUT2D eigenvalue weighted by atomic mass is 9.84. The predicted molar refractivity (Wildman–Crippen MR) is 84.1 cm³/mol. The second kappa shape index (κ2) is 5.80. The van der Waals surface area contributed by atoms with Crippen molar-refractivity contribution in [1.29, 1.82) is 0 Å². The lowest BCUT2D eigenvalue weighted by Crippen LogP contribution is -2.52. The molecule has 0 atom stereocenters. The second-order valence-electron chi connectivity index (χ2n) is 6.13. The minimum atomic E-state index is -0.301. The number of hydrogen-bond acceptors (Lipinski definition) is 3. The quantitative estimate of drug-likeness (QED) is 0.777. The van der Waals surface area contributed by atoms with Gasteiger partial charge in [0.05, 0.1) is 17.7 Å². The monoisotopic (exact) mass is 287 g/mol. The molecule has 0 saturated heterocycles. The summed E-state index contributed by atoms with van der Waals surface area (Å²) in [7, 11) is 0. The molecule has 1 aromatic rings. The molecule has 0 bridgehead atoms. The summed E-state index contributed by atoms with van der Waals surface area (Å²) in [6.07, 6.45) is 5.19. The van der Waals surface area contributed by atoms with E-state index < -0.39 is 0 Å². The van der Waals surface area contributed by atoms with Crippen molar-refractivity contribution in [1.82, 2.24) is 4.90 Å². The standard InChI is InChI=1S/C18H25NO2/c1-3-19(4-2)18(11-5-6-12-18)17(20)15-9-7-8-14-10-13-21-16(14)15/h7-9H,3-6,10-13H2,1-2H3. The number of Topliss-reactive ketones (excluding diaryl/α,β-unsaturated/α-hetero) is 1. The van der Waals surface area contributed by atoms with Crippen molar-refractivity contribution in [2.75, 3.05) is 19.7 Å². The van der Waals surface area contributed by atoms with Crippen LogP contribution in [0.2, 0.25) is 0 Å². The van der Waals surface area contributed by atoms with E-state index in [4.69, 9.17) is 4.74 Å². The Morgan fingerprint density at radius 2 is 1.95 bits per heavy atom. The van der Waals surface area contributed by atoms with Crippen LogP contribution < -0.4 is 4.74 Å². The van der Waals surface area contributed by atoms with E-state index in [0.717, 1.165) is 56.5 Å². The van der Waals surface area contributed by atoms with E-state index >= 15 is 0 Å². The highest BCUT2D eigenvalue weighted by atomic mass is 16.5. The molecular weight excluding hydrogens is 262 g/mol. The van der Waals surface area contributed by atoms with Crippen molar-refractivity contribution in [3.05, 3.63) is 29.3 Å². The van der Waals surface area contributed by atoms with Crippen LogP contribution in [-0.2, 0) is 6.42 Å². The smallest absolute Gasteiger partial charge is 0.186 e. The molecule has 0 aromatic heterocycles. The molecule has 1 heterocycles. The molecule has 0 radical (unpaired) electrons. The van der Waals surface area contributed by atoms with E-state index in [1.54, 1.807) is 0 Å². The summed E-state index contributed by atoms with van der Waals surface area (Å²) in [6.45, 7) is 6.87. The molecule has 3 heteroatoms. The van der Waals surface area contributed by atoms with E-state index in [0.29, 0.717) is 6.61 Å². The number of para-hydroxylation sites is 1. The Balaban J connectivity index is 2.01. The summed E-state index contributed by atoms with van der Waals surface area (Å²) in [4.78, 5) is 15.7. The summed E-state index contributed by atoms with van der Waals surface area (Å²) in [6, 6.07) is 6.04. The molecule has 114 valence electrons. The molecule has 0 N–H and O–H groups in total. The molecule has 0 spiro atoms. The summed E-state index contributed by atoms with van der Waals surface area (Å²) in [5, 5.41) is 0. The summed E-state index contributed by atoms with van der Waals surface area (Å²) in [5.41, 5.74) is 1.69. The first kappa shape index (κ1) is 14.6. The van der Waals surface area contributed by atoms with Crippen LogP contribution >= 0.6 is 0 Å². The Bertz CT molecular complexity index is 528. The number of ketones is 1. The first-order valence-corrected chi connectivity index (χ1v) is 8.27. The van der Waals surface area contributed by atoms with Crippen molar-refractivity contribution >= 4 is 5.78 Å². The third-order valence-electron chi connectivity index (χ3n) is 5.18. The van der Waals surface area contributed by atoms with E-state index in [1.807, 2.05) is 12.1 Å². The molecule has 3 rings (SSSR count). The topological polar surface area (TPSA) is 29.5 Å². The van der Waals surface area contributed by atoms with Gasteiger partial charge in [-0.2, -0.15) is 0 Å². The molecule has 3 nitrogen and oxygen atoms in total. The SMILES string of the molecule is CCN(CC)C1(C(=O)c2cccc3c2OCC3)CCCC1. The third-order valence-corrected chi connectivity index (χ3v) is 5.18. The van der Waals surface area contributed by atoms with Gasteiger partial charge in [-0.05, 0) is 37.6 Å². The van der Waals surface area contributed by atoms with Crippen LogP contribution in [0.1, 0.15) is 55.5 Å². The zero-order valence-electron chi connectivity index (χ0n) is 13.2. The maximum Gasteiger partial charge on any atom is 0.186 e. The fourth-order valence-corrected chi connectivity index (χ4v) is 4.12. The molecule has 1 saturated carbocycles. The van der Waals surface area contributed by atoms with Crippen molar-refractivity contribution in [3.8, 4) is 5.75 Å². The van der Waals surface area contributed by atoms with Gasteiger partial charge in [-0.3, -0.25) is 9.69 Å². The Morgan fingerprint density at radius 1 is 1.24 bits per heavy atom. The summed E-state index contributed by atoms with van der Waals surface area (Å²) in [5.74, 6) is 1.13. The second-order valence-corrected chi connectivity index (χ2v) is 6.13. The van der Waals surface area contributed by atoms with Gasteiger partial charge in [0.2, 0.25) is 0 Å². The van der Waals surface area contributed by atoms with Gasteiger partial charge in [-0.1, -0.05) is 38.8 Å². The van der Waals surface area contributed by atoms with Gasteiger partial charge in [0, 0.05) is 6.42 Å². The molecule has 0 amide bonds. The molecule has 2 aliphatic rings. The van der Waals surface area contributed by atoms with Crippen LogP contribution in [0.4, 0.5) is 0 Å². The van der Waals surface area contributed by atoms with E-state index in [2.05, 4.69) is 24.8 Å². The van der Waals surface area contributed by atoms with Crippen LogP contribution in [0.5, 0.6) is 5.75 Å². The molecule has 1 aliphatic heterocycles. The van der Waals surface area contributed by atoms with Crippen LogP contribution in [0, 0.1) is 0 Å². The van der Waals surface area contributed by atoms with Gasteiger partial charge < -0.3 is 4.74 Å². The van der Waals surface area contributed by atoms with Crippen LogP contribution in [-0.4, -0.2) is 35.9 Å². The summed E-state index contributed by atoms with van der Waals surface area (Å²) < 4.78 is 5.76. The molecule has 1 aliphatic carbocycles. The zero-order valence-corrected chi connectivity index (χ0v) is 13.2. The van der Waals surface area contributed by atoms with Crippen molar-refractivity contribution in [2.45, 2.75) is 51.5 Å². The Kier molecular flexibility index (Phi) is 4.03. The van der Waals surface area contributed by atoms with Crippen molar-refractivity contribution in [2.24, 2.45) is 0 Å². The molecule has 1 fully saturated rings. The number of ether oxygens (including phenoxy) is 1. The number of hydrogen-bond donors (Lipinski definition) is 0. The number of nitrogens with zero attached hydrogens (tertiary/aromatic N) is 1. The molecule has 0 unspecified atom stereocenters. The number of likely N-dealkylation sites (N-methyl/N-ethyl adjacent to an activating group) is 1. The van der Waals surface area contributed by atoms with Gasteiger partial charge in [0.1, 0.15) is 5.75 Å².